The maximum atomic E-state index is 13.1. The van der Waals surface area contributed by atoms with Crippen LogP contribution in [0.5, 0.6) is 0 Å². The third-order valence-corrected chi connectivity index (χ3v) is 6.00. The molecule has 1 aromatic heterocycles. The smallest absolute Gasteiger partial charge is 0.262 e. The van der Waals surface area contributed by atoms with Gasteiger partial charge in [-0.1, -0.05) is 47.6 Å². The highest BCUT2D eigenvalue weighted by Gasteiger charge is 2.27. The molecule has 3 aromatic rings. The topological polar surface area (TPSA) is 64.0 Å². The summed E-state index contributed by atoms with van der Waals surface area (Å²) < 4.78 is 1.64. The van der Waals surface area contributed by atoms with Gasteiger partial charge in [0.15, 0.2) is 5.16 Å². The molecule has 0 bridgehead atoms. The van der Waals surface area contributed by atoms with Gasteiger partial charge in [0.1, 0.15) is 0 Å². The molecule has 1 amide bonds. The highest BCUT2D eigenvalue weighted by Crippen LogP contribution is 2.25. The summed E-state index contributed by atoms with van der Waals surface area (Å²) >= 11 is 7.29. The zero-order valence-electron chi connectivity index (χ0n) is 15.4. The highest BCUT2D eigenvalue weighted by molar-refractivity contribution is 8.00. The third-order valence-electron chi connectivity index (χ3n) is 4.66. The Hall–Kier alpha value is -2.31. The number of fused-ring (bicyclic) bond motifs is 1. The maximum absolute atomic E-state index is 13.1. The van der Waals surface area contributed by atoms with E-state index in [0.29, 0.717) is 33.7 Å². The van der Waals surface area contributed by atoms with Crippen LogP contribution in [0.4, 0.5) is 0 Å². The Morgan fingerprint density at radius 1 is 1.25 bits per heavy atom. The van der Waals surface area contributed by atoms with Crippen LogP contribution in [0.3, 0.4) is 0 Å². The Bertz CT molecular complexity index is 1080. The minimum absolute atomic E-state index is 0.0204. The summed E-state index contributed by atoms with van der Waals surface area (Å²) in [5, 5.41) is 4.42. The van der Waals surface area contributed by atoms with E-state index in [-0.39, 0.29) is 16.7 Å². The predicted octanol–water partition coefficient (Wildman–Crippen LogP) is 3.86. The van der Waals surface area contributed by atoms with Crippen LogP contribution in [0.2, 0.25) is 5.02 Å². The molecule has 0 radical (unpaired) electrons. The average Bonchev–Trinajstić information content (AvgIpc) is 3.50. The largest absolute Gasteiger partial charge is 0.352 e. The van der Waals surface area contributed by atoms with E-state index in [1.807, 2.05) is 37.3 Å². The molecule has 0 unspecified atom stereocenters. The lowest BCUT2D eigenvalue weighted by Crippen LogP contribution is -2.33. The number of thioether (sulfide) groups is 1. The summed E-state index contributed by atoms with van der Waals surface area (Å²) in [5.74, 6) is -0.0204. The zero-order valence-corrected chi connectivity index (χ0v) is 17.0. The van der Waals surface area contributed by atoms with Gasteiger partial charge in [0.25, 0.3) is 5.56 Å². The molecule has 0 spiro atoms. The van der Waals surface area contributed by atoms with E-state index < -0.39 is 0 Å². The molecule has 2 aromatic carbocycles. The second kappa shape index (κ2) is 7.97. The number of amides is 1. The van der Waals surface area contributed by atoms with E-state index in [2.05, 4.69) is 10.3 Å². The van der Waals surface area contributed by atoms with Crippen molar-refractivity contribution >= 4 is 40.2 Å². The van der Waals surface area contributed by atoms with Crippen LogP contribution < -0.4 is 10.9 Å². The van der Waals surface area contributed by atoms with Gasteiger partial charge in [0.2, 0.25) is 5.91 Å². The van der Waals surface area contributed by atoms with Crippen LogP contribution in [0.25, 0.3) is 10.9 Å². The lowest BCUT2D eigenvalue weighted by Gasteiger charge is -2.16. The number of para-hydroxylation sites is 1. The second-order valence-electron chi connectivity index (χ2n) is 6.97. The molecule has 4 rings (SSSR count). The summed E-state index contributed by atoms with van der Waals surface area (Å²) in [6.07, 6.45) is 2.08. The van der Waals surface area contributed by atoms with Crippen molar-refractivity contribution in [3.8, 4) is 0 Å². The molecule has 144 valence electrons. The molecule has 1 heterocycles. The lowest BCUT2D eigenvalue weighted by atomic mass is 10.2. The van der Waals surface area contributed by atoms with Crippen LogP contribution in [0.1, 0.15) is 25.3 Å². The SMILES string of the molecule is C[C@H](Sc1nc2ccccc2c(=O)n1Cc1ccc(Cl)cc1)C(=O)NC1CC1. The van der Waals surface area contributed by atoms with Crippen molar-refractivity contribution in [1.29, 1.82) is 0 Å². The first-order chi connectivity index (χ1) is 13.5. The van der Waals surface area contributed by atoms with Gasteiger partial charge in [-0.05, 0) is 49.6 Å². The van der Waals surface area contributed by atoms with Gasteiger partial charge in [-0.15, -0.1) is 0 Å². The predicted molar refractivity (Wildman–Crippen MR) is 113 cm³/mol. The highest BCUT2D eigenvalue weighted by atomic mass is 35.5. The number of hydrogen-bond acceptors (Lipinski definition) is 4. The van der Waals surface area contributed by atoms with Gasteiger partial charge in [-0.2, -0.15) is 0 Å². The first kappa shape index (κ1) is 19.0. The Balaban J connectivity index is 1.70. The molecule has 0 saturated heterocycles. The molecular weight excluding hydrogens is 394 g/mol. The maximum Gasteiger partial charge on any atom is 0.262 e. The molecule has 1 saturated carbocycles. The van der Waals surface area contributed by atoms with Gasteiger partial charge in [0.05, 0.1) is 22.7 Å². The number of carbonyl (C=O) groups is 1. The minimum Gasteiger partial charge on any atom is -0.352 e. The Morgan fingerprint density at radius 2 is 1.96 bits per heavy atom. The van der Waals surface area contributed by atoms with Crippen molar-refractivity contribution < 1.29 is 4.79 Å². The quantitative estimate of drug-likeness (QED) is 0.492. The summed E-state index contributed by atoms with van der Waals surface area (Å²) in [7, 11) is 0. The fourth-order valence-electron chi connectivity index (χ4n) is 2.91. The molecule has 1 aliphatic rings. The molecule has 1 fully saturated rings. The third kappa shape index (κ3) is 4.23. The fraction of sp³-hybridized carbons (Fsp3) is 0.286. The average molecular weight is 414 g/mol. The van der Waals surface area contributed by atoms with E-state index in [9.17, 15) is 9.59 Å². The molecule has 7 heteroatoms. The molecule has 0 aliphatic heterocycles. The van der Waals surface area contributed by atoms with Crippen LogP contribution in [0.15, 0.2) is 58.5 Å². The van der Waals surface area contributed by atoms with Gasteiger partial charge in [0, 0.05) is 11.1 Å². The number of rotatable bonds is 6. The minimum atomic E-state index is -0.342. The van der Waals surface area contributed by atoms with Crippen LogP contribution in [-0.4, -0.2) is 26.8 Å². The van der Waals surface area contributed by atoms with Crippen molar-refractivity contribution in [3.05, 3.63) is 69.5 Å². The standard InChI is InChI=1S/C21H20ClN3O2S/c1-13(19(26)23-16-10-11-16)28-21-24-18-5-3-2-4-17(18)20(27)25(21)12-14-6-8-15(22)9-7-14/h2-9,13,16H,10-12H2,1H3,(H,23,26)/t13-/m0/s1. The summed E-state index contributed by atoms with van der Waals surface area (Å²) in [6.45, 7) is 2.21. The molecule has 5 nitrogen and oxygen atoms in total. The zero-order chi connectivity index (χ0) is 19.7. The Morgan fingerprint density at radius 3 is 2.68 bits per heavy atom. The molecule has 1 N–H and O–H groups in total. The van der Waals surface area contributed by atoms with E-state index in [1.165, 1.54) is 11.8 Å². The Kier molecular flexibility index (Phi) is 5.42. The first-order valence-electron chi connectivity index (χ1n) is 9.22. The normalized spacial score (nSPS) is 14.8. The van der Waals surface area contributed by atoms with E-state index >= 15 is 0 Å². The fourth-order valence-corrected chi connectivity index (χ4v) is 3.95. The monoisotopic (exact) mass is 413 g/mol. The molecule has 1 atom stereocenters. The van der Waals surface area contributed by atoms with Gasteiger partial charge in [-0.25, -0.2) is 4.98 Å². The number of hydrogen-bond donors (Lipinski definition) is 1. The van der Waals surface area contributed by atoms with Crippen molar-refractivity contribution in [2.45, 2.75) is 42.8 Å². The lowest BCUT2D eigenvalue weighted by molar-refractivity contribution is -0.120. The summed E-state index contributed by atoms with van der Waals surface area (Å²) in [4.78, 5) is 30.2. The Labute approximate surface area is 172 Å². The van der Waals surface area contributed by atoms with E-state index in [4.69, 9.17) is 11.6 Å². The summed E-state index contributed by atoms with van der Waals surface area (Å²) in [5.41, 5.74) is 1.47. The number of nitrogens with one attached hydrogen (secondary N) is 1. The molecule has 1 aliphatic carbocycles. The number of carbonyl (C=O) groups excluding carboxylic acids is 1. The van der Waals surface area contributed by atoms with Crippen LogP contribution in [-0.2, 0) is 11.3 Å². The number of halogens is 1. The number of benzene rings is 2. The first-order valence-corrected chi connectivity index (χ1v) is 10.5. The number of aromatic nitrogens is 2. The van der Waals surface area contributed by atoms with Gasteiger partial charge >= 0.3 is 0 Å². The second-order valence-corrected chi connectivity index (χ2v) is 8.72. The van der Waals surface area contributed by atoms with E-state index in [1.54, 1.807) is 22.8 Å². The van der Waals surface area contributed by atoms with Crippen LogP contribution in [0, 0.1) is 0 Å². The van der Waals surface area contributed by atoms with Crippen molar-refractivity contribution in [2.75, 3.05) is 0 Å². The van der Waals surface area contributed by atoms with E-state index in [0.717, 1.165) is 18.4 Å². The van der Waals surface area contributed by atoms with Crippen LogP contribution >= 0.6 is 23.4 Å². The molecule has 28 heavy (non-hydrogen) atoms. The van der Waals surface area contributed by atoms with Crippen molar-refractivity contribution in [3.63, 3.8) is 0 Å². The van der Waals surface area contributed by atoms with Crippen molar-refractivity contribution in [2.24, 2.45) is 0 Å². The van der Waals surface area contributed by atoms with Gasteiger partial charge in [-0.3, -0.25) is 14.2 Å². The van der Waals surface area contributed by atoms with Gasteiger partial charge < -0.3 is 5.32 Å². The van der Waals surface area contributed by atoms with Crippen molar-refractivity contribution in [1.82, 2.24) is 14.9 Å². The molecular formula is C21H20ClN3O2S. The summed E-state index contributed by atoms with van der Waals surface area (Å²) in [6, 6.07) is 15.0. The number of nitrogens with zero attached hydrogens (tertiary/aromatic N) is 2.